The summed E-state index contributed by atoms with van der Waals surface area (Å²) in [4.78, 5) is 0. The van der Waals surface area contributed by atoms with E-state index in [1.54, 1.807) is 0 Å². The zero-order chi connectivity index (χ0) is 28.1. The molecular weight excluding hydrogens is 543 g/mol. The molecule has 0 amide bonds. The van der Waals surface area contributed by atoms with Crippen LogP contribution in [0.15, 0.2) is 144 Å². The molecule has 3 heteroatoms. The molecule has 43 heavy (non-hydrogen) atoms. The first kappa shape index (κ1) is 23.2. The van der Waals surface area contributed by atoms with E-state index >= 15 is 0 Å². The standard InChI is InChI=1S/C40H23NOS/c1-2-9-26(10-3-1)41-18-17-24-19-25-20-32(30-14-8-13-29-28-12-5-7-16-39(28)43-40(29)30)33-21-35-27-11-4-6-15-37(27)42-38(35)23-34(33)31(25)22-36(24)41/h1-23H. The molecule has 0 saturated heterocycles. The van der Waals surface area contributed by atoms with Gasteiger partial charge in [0.15, 0.2) is 0 Å². The summed E-state index contributed by atoms with van der Waals surface area (Å²) < 4.78 is 11.4. The molecule has 2 nitrogen and oxygen atoms in total. The molecule has 0 radical (unpaired) electrons. The van der Waals surface area contributed by atoms with Gasteiger partial charge < -0.3 is 8.98 Å². The minimum absolute atomic E-state index is 0.922. The van der Waals surface area contributed by atoms with Gasteiger partial charge >= 0.3 is 0 Å². The second-order valence-corrected chi connectivity index (χ2v) is 12.4. The Kier molecular flexibility index (Phi) is 4.63. The van der Waals surface area contributed by atoms with Crippen molar-refractivity contribution in [2.24, 2.45) is 0 Å². The van der Waals surface area contributed by atoms with Gasteiger partial charge in [-0.1, -0.05) is 72.8 Å². The number of aromatic nitrogens is 1. The highest BCUT2D eigenvalue weighted by Crippen LogP contribution is 2.45. The summed E-state index contributed by atoms with van der Waals surface area (Å²) in [6, 6.07) is 48.4. The Morgan fingerprint density at radius 1 is 0.465 bits per heavy atom. The lowest BCUT2D eigenvalue weighted by Crippen LogP contribution is -1.91. The van der Waals surface area contributed by atoms with Crippen LogP contribution in [-0.2, 0) is 0 Å². The van der Waals surface area contributed by atoms with Crippen LogP contribution in [0.3, 0.4) is 0 Å². The van der Waals surface area contributed by atoms with Crippen molar-refractivity contribution in [1.82, 2.24) is 4.57 Å². The van der Waals surface area contributed by atoms with E-state index in [4.69, 9.17) is 4.42 Å². The minimum atomic E-state index is 0.922. The fourth-order valence-corrected chi connectivity index (χ4v) is 8.23. The van der Waals surface area contributed by atoms with Gasteiger partial charge in [-0.2, -0.15) is 0 Å². The van der Waals surface area contributed by atoms with Gasteiger partial charge in [0.2, 0.25) is 0 Å². The summed E-state index contributed by atoms with van der Waals surface area (Å²) in [5.41, 5.74) is 6.74. The van der Waals surface area contributed by atoms with Crippen molar-refractivity contribution in [2.75, 3.05) is 0 Å². The molecule has 0 atom stereocenters. The van der Waals surface area contributed by atoms with E-state index in [0.717, 1.165) is 27.6 Å². The number of para-hydroxylation sites is 2. The van der Waals surface area contributed by atoms with Crippen molar-refractivity contribution < 1.29 is 4.42 Å². The summed E-state index contributed by atoms with van der Waals surface area (Å²) in [5.74, 6) is 0. The number of rotatable bonds is 2. The number of fused-ring (bicyclic) bond motifs is 10. The summed E-state index contributed by atoms with van der Waals surface area (Å²) in [7, 11) is 0. The molecule has 0 aliphatic heterocycles. The van der Waals surface area contributed by atoms with Crippen LogP contribution in [0.5, 0.6) is 0 Å². The minimum Gasteiger partial charge on any atom is -0.456 e. The van der Waals surface area contributed by atoms with Crippen LogP contribution in [0, 0.1) is 0 Å². The third-order valence-corrected chi connectivity index (χ3v) is 10.2. The van der Waals surface area contributed by atoms with Gasteiger partial charge in [0.25, 0.3) is 0 Å². The molecule has 7 aromatic carbocycles. The van der Waals surface area contributed by atoms with E-state index in [1.165, 1.54) is 63.7 Å². The Balaban J connectivity index is 1.37. The lowest BCUT2D eigenvalue weighted by Gasteiger charge is -2.14. The van der Waals surface area contributed by atoms with Gasteiger partial charge in [-0.3, -0.25) is 0 Å². The highest BCUT2D eigenvalue weighted by Gasteiger charge is 2.18. The second kappa shape index (κ2) is 8.57. The normalized spacial score (nSPS) is 12.2. The topological polar surface area (TPSA) is 18.1 Å². The number of furan rings is 1. The molecule has 0 aliphatic rings. The molecule has 10 rings (SSSR count). The largest absolute Gasteiger partial charge is 0.456 e. The molecule has 200 valence electrons. The number of hydrogen-bond acceptors (Lipinski definition) is 2. The second-order valence-electron chi connectivity index (χ2n) is 11.4. The zero-order valence-electron chi connectivity index (χ0n) is 23.0. The van der Waals surface area contributed by atoms with Crippen molar-refractivity contribution in [3.63, 3.8) is 0 Å². The van der Waals surface area contributed by atoms with E-state index in [2.05, 4.69) is 138 Å². The Morgan fingerprint density at radius 2 is 1.28 bits per heavy atom. The number of benzene rings is 7. The van der Waals surface area contributed by atoms with Crippen molar-refractivity contribution in [3.8, 4) is 16.8 Å². The highest BCUT2D eigenvalue weighted by atomic mass is 32.1. The number of nitrogens with zero attached hydrogens (tertiary/aromatic N) is 1. The average molecular weight is 566 g/mol. The molecular formula is C40H23NOS. The third kappa shape index (κ3) is 3.28. The molecule has 0 N–H and O–H groups in total. The fourth-order valence-electron chi connectivity index (χ4n) is 7.00. The van der Waals surface area contributed by atoms with Gasteiger partial charge in [0.1, 0.15) is 11.2 Å². The molecule has 0 bridgehead atoms. The van der Waals surface area contributed by atoms with Gasteiger partial charge in [-0.25, -0.2) is 0 Å². The molecule has 0 unspecified atom stereocenters. The Morgan fingerprint density at radius 3 is 2.21 bits per heavy atom. The van der Waals surface area contributed by atoms with Crippen LogP contribution in [-0.4, -0.2) is 4.57 Å². The van der Waals surface area contributed by atoms with Crippen LogP contribution in [0.25, 0.3) is 91.4 Å². The van der Waals surface area contributed by atoms with Gasteiger partial charge in [0.05, 0.1) is 5.52 Å². The molecule has 3 heterocycles. The maximum Gasteiger partial charge on any atom is 0.136 e. The zero-order valence-corrected chi connectivity index (χ0v) is 23.9. The predicted octanol–water partition coefficient (Wildman–Crippen LogP) is 11.9. The lowest BCUT2D eigenvalue weighted by atomic mass is 9.91. The summed E-state index contributed by atoms with van der Waals surface area (Å²) in [6.45, 7) is 0. The fraction of sp³-hybridized carbons (Fsp3) is 0. The van der Waals surface area contributed by atoms with Crippen LogP contribution in [0.1, 0.15) is 0 Å². The number of thiophene rings is 1. The SMILES string of the molecule is c1ccc(-n2ccc3cc4cc(-c5cccc6c5sc5ccccc56)c5cc6c(cc5c4cc32)oc2ccccc26)cc1. The molecule has 0 spiro atoms. The van der Waals surface area contributed by atoms with Gasteiger partial charge in [-0.15, -0.1) is 11.3 Å². The monoisotopic (exact) mass is 565 g/mol. The van der Waals surface area contributed by atoms with E-state index < -0.39 is 0 Å². The van der Waals surface area contributed by atoms with E-state index in [-0.39, 0.29) is 0 Å². The summed E-state index contributed by atoms with van der Waals surface area (Å²) in [6.07, 6.45) is 2.18. The molecule has 0 saturated carbocycles. The first-order chi connectivity index (χ1) is 21.3. The van der Waals surface area contributed by atoms with Crippen LogP contribution in [0.4, 0.5) is 0 Å². The van der Waals surface area contributed by atoms with Crippen molar-refractivity contribution >= 4 is 85.9 Å². The van der Waals surface area contributed by atoms with Gasteiger partial charge in [-0.05, 0) is 87.8 Å². The average Bonchev–Trinajstić information content (AvgIpc) is 3.76. The van der Waals surface area contributed by atoms with Gasteiger partial charge in [0, 0.05) is 53.8 Å². The maximum atomic E-state index is 6.43. The maximum absolute atomic E-state index is 6.43. The first-order valence-corrected chi connectivity index (χ1v) is 15.4. The first-order valence-electron chi connectivity index (χ1n) is 14.6. The van der Waals surface area contributed by atoms with Crippen LogP contribution in [0.2, 0.25) is 0 Å². The molecule has 10 aromatic rings. The predicted molar refractivity (Wildman–Crippen MR) is 184 cm³/mol. The number of hydrogen-bond donors (Lipinski definition) is 0. The smallest absolute Gasteiger partial charge is 0.136 e. The Bertz CT molecular complexity index is 2720. The van der Waals surface area contributed by atoms with Crippen molar-refractivity contribution in [2.45, 2.75) is 0 Å². The van der Waals surface area contributed by atoms with Crippen LogP contribution >= 0.6 is 11.3 Å². The van der Waals surface area contributed by atoms with Crippen molar-refractivity contribution in [1.29, 1.82) is 0 Å². The molecule has 3 aromatic heterocycles. The van der Waals surface area contributed by atoms with E-state index in [9.17, 15) is 0 Å². The summed E-state index contributed by atoms with van der Waals surface area (Å²) in [5, 5.41) is 11.1. The van der Waals surface area contributed by atoms with Crippen molar-refractivity contribution in [3.05, 3.63) is 140 Å². The van der Waals surface area contributed by atoms with E-state index in [1.807, 2.05) is 17.4 Å². The molecule has 0 aliphatic carbocycles. The highest BCUT2D eigenvalue weighted by molar-refractivity contribution is 7.26. The van der Waals surface area contributed by atoms with E-state index in [0.29, 0.717) is 0 Å². The quantitative estimate of drug-likeness (QED) is 0.191. The van der Waals surface area contributed by atoms with Crippen LogP contribution < -0.4 is 0 Å². The molecule has 0 fully saturated rings. The lowest BCUT2D eigenvalue weighted by molar-refractivity contribution is 0.669. The Labute approximate surface area is 250 Å². The third-order valence-electron chi connectivity index (χ3n) is 8.99. The summed E-state index contributed by atoms with van der Waals surface area (Å²) >= 11 is 1.89. The Hall–Kier alpha value is -5.38.